The molecule has 0 bridgehead atoms. The van der Waals surface area contributed by atoms with E-state index >= 15 is 0 Å². The van der Waals surface area contributed by atoms with E-state index in [4.69, 9.17) is 0 Å². The van der Waals surface area contributed by atoms with E-state index < -0.39 is 0 Å². The maximum atomic E-state index is 2.60. The van der Waals surface area contributed by atoms with Crippen molar-refractivity contribution in [2.75, 3.05) is 20.1 Å². The summed E-state index contributed by atoms with van der Waals surface area (Å²) in [5.74, 6) is 0. The summed E-state index contributed by atoms with van der Waals surface area (Å²) < 4.78 is 0. The largest absolute Gasteiger partial charge is 0.305 e. The third kappa shape index (κ3) is 4.85. The standard InChI is InChI=1S/C20H33N/c1-3-4-5-12-17-21(2)18-20(15-10-11-16-20)19-13-8-6-7-9-14-19/h6-9,13H,3-5,10-12,14-18H2,1-2H3. The van der Waals surface area contributed by atoms with Crippen LogP contribution < -0.4 is 0 Å². The molecule has 2 rings (SSSR count). The number of allylic oxidation sites excluding steroid dienone is 5. The van der Waals surface area contributed by atoms with Gasteiger partial charge in [-0.3, -0.25) is 0 Å². The average molecular weight is 287 g/mol. The molecule has 118 valence electrons. The van der Waals surface area contributed by atoms with Gasteiger partial charge in [0.15, 0.2) is 0 Å². The van der Waals surface area contributed by atoms with Gasteiger partial charge < -0.3 is 4.90 Å². The van der Waals surface area contributed by atoms with Gasteiger partial charge >= 0.3 is 0 Å². The molecule has 0 radical (unpaired) electrons. The molecule has 21 heavy (non-hydrogen) atoms. The van der Waals surface area contributed by atoms with Gasteiger partial charge in [0.1, 0.15) is 0 Å². The normalized spacial score (nSPS) is 20.8. The lowest BCUT2D eigenvalue weighted by atomic mass is 9.76. The summed E-state index contributed by atoms with van der Waals surface area (Å²) in [6, 6.07) is 0. The van der Waals surface area contributed by atoms with Gasteiger partial charge in [0, 0.05) is 12.0 Å². The highest BCUT2D eigenvalue weighted by atomic mass is 15.1. The first-order valence-electron chi connectivity index (χ1n) is 8.98. The van der Waals surface area contributed by atoms with Crippen LogP contribution in [0.1, 0.15) is 64.7 Å². The molecule has 0 aliphatic heterocycles. The van der Waals surface area contributed by atoms with Crippen LogP contribution in [0, 0.1) is 5.41 Å². The van der Waals surface area contributed by atoms with Crippen LogP contribution in [0.15, 0.2) is 36.0 Å². The van der Waals surface area contributed by atoms with Crippen molar-refractivity contribution in [1.82, 2.24) is 4.90 Å². The lowest BCUT2D eigenvalue weighted by Crippen LogP contribution is -2.35. The predicted molar refractivity (Wildman–Crippen MR) is 93.5 cm³/mol. The number of unbranched alkanes of at least 4 members (excludes halogenated alkanes) is 3. The molecule has 1 saturated carbocycles. The Morgan fingerprint density at radius 3 is 2.62 bits per heavy atom. The first-order valence-corrected chi connectivity index (χ1v) is 8.98. The van der Waals surface area contributed by atoms with Crippen molar-refractivity contribution >= 4 is 0 Å². The van der Waals surface area contributed by atoms with Crippen LogP contribution >= 0.6 is 0 Å². The highest BCUT2D eigenvalue weighted by Gasteiger charge is 2.37. The van der Waals surface area contributed by atoms with E-state index in [2.05, 4.69) is 49.3 Å². The van der Waals surface area contributed by atoms with Gasteiger partial charge in [-0.05, 0) is 39.3 Å². The summed E-state index contributed by atoms with van der Waals surface area (Å²) in [7, 11) is 2.33. The second-order valence-electron chi connectivity index (χ2n) is 6.99. The smallest absolute Gasteiger partial charge is 0.00725 e. The van der Waals surface area contributed by atoms with Crippen molar-refractivity contribution in [3.63, 3.8) is 0 Å². The van der Waals surface area contributed by atoms with E-state index in [-0.39, 0.29) is 0 Å². The van der Waals surface area contributed by atoms with Crippen molar-refractivity contribution in [3.05, 3.63) is 36.0 Å². The molecule has 0 amide bonds. The van der Waals surface area contributed by atoms with Crippen LogP contribution in [0.3, 0.4) is 0 Å². The van der Waals surface area contributed by atoms with Crippen LogP contribution in [-0.2, 0) is 0 Å². The Kier molecular flexibility index (Phi) is 6.76. The molecule has 1 fully saturated rings. The Morgan fingerprint density at radius 1 is 1.05 bits per heavy atom. The maximum absolute atomic E-state index is 2.60. The Balaban J connectivity index is 1.93. The summed E-state index contributed by atoms with van der Waals surface area (Å²) in [6.07, 6.45) is 23.6. The van der Waals surface area contributed by atoms with Crippen LogP contribution in [0.4, 0.5) is 0 Å². The fourth-order valence-corrected chi connectivity index (χ4v) is 4.01. The van der Waals surface area contributed by atoms with Gasteiger partial charge in [-0.15, -0.1) is 0 Å². The SMILES string of the molecule is CCCCCCN(C)CC1(C2=CC=CC=CC2)CCCC1. The molecule has 0 unspecified atom stereocenters. The minimum absolute atomic E-state index is 0.457. The zero-order valence-electron chi connectivity index (χ0n) is 14.1. The van der Waals surface area contributed by atoms with Gasteiger partial charge in [-0.2, -0.15) is 0 Å². The fraction of sp³-hybridized carbons (Fsp3) is 0.700. The van der Waals surface area contributed by atoms with E-state index in [1.54, 1.807) is 5.57 Å². The molecule has 0 N–H and O–H groups in total. The maximum Gasteiger partial charge on any atom is 0.00725 e. The number of hydrogen-bond donors (Lipinski definition) is 0. The zero-order chi connectivity index (χ0) is 15.0. The molecule has 1 nitrogen and oxygen atoms in total. The number of rotatable bonds is 8. The summed E-state index contributed by atoms with van der Waals surface area (Å²) in [4.78, 5) is 2.60. The van der Waals surface area contributed by atoms with E-state index in [1.807, 2.05) is 0 Å². The van der Waals surface area contributed by atoms with E-state index in [9.17, 15) is 0 Å². The van der Waals surface area contributed by atoms with E-state index in [0.29, 0.717) is 5.41 Å². The third-order valence-electron chi connectivity index (χ3n) is 5.20. The predicted octanol–water partition coefficient (Wildman–Crippen LogP) is 5.50. The lowest BCUT2D eigenvalue weighted by Gasteiger charge is -2.36. The van der Waals surface area contributed by atoms with Crippen molar-refractivity contribution < 1.29 is 0 Å². The van der Waals surface area contributed by atoms with Crippen LogP contribution in [0.25, 0.3) is 0 Å². The summed E-state index contributed by atoms with van der Waals surface area (Å²) >= 11 is 0. The highest BCUT2D eigenvalue weighted by Crippen LogP contribution is 2.46. The van der Waals surface area contributed by atoms with Crippen molar-refractivity contribution in [2.24, 2.45) is 5.41 Å². The molecular formula is C20H33N. The van der Waals surface area contributed by atoms with Crippen LogP contribution in [0.5, 0.6) is 0 Å². The highest BCUT2D eigenvalue weighted by molar-refractivity contribution is 5.29. The topological polar surface area (TPSA) is 3.24 Å². The number of hydrogen-bond acceptors (Lipinski definition) is 1. The molecule has 0 aromatic rings. The second-order valence-corrected chi connectivity index (χ2v) is 6.99. The minimum atomic E-state index is 0.457. The summed E-state index contributed by atoms with van der Waals surface area (Å²) in [5.41, 5.74) is 2.13. The summed E-state index contributed by atoms with van der Waals surface area (Å²) in [5, 5.41) is 0. The second kappa shape index (κ2) is 8.58. The third-order valence-corrected chi connectivity index (χ3v) is 5.20. The molecule has 0 aromatic carbocycles. The van der Waals surface area contributed by atoms with Gasteiger partial charge in [0.25, 0.3) is 0 Å². The Bertz CT molecular complexity index is 383. The van der Waals surface area contributed by atoms with Crippen LogP contribution in [-0.4, -0.2) is 25.0 Å². The molecule has 1 heteroatoms. The lowest BCUT2D eigenvalue weighted by molar-refractivity contribution is 0.207. The molecular weight excluding hydrogens is 254 g/mol. The Labute approximate surface area is 131 Å². The molecule has 2 aliphatic carbocycles. The molecule has 2 aliphatic rings. The van der Waals surface area contributed by atoms with Gasteiger partial charge in [-0.1, -0.05) is 75.0 Å². The first kappa shape index (κ1) is 16.5. The molecule has 0 aromatic heterocycles. The first-order chi connectivity index (χ1) is 10.3. The number of nitrogens with zero attached hydrogens (tertiary/aromatic N) is 1. The molecule has 0 saturated heterocycles. The van der Waals surface area contributed by atoms with E-state index in [0.717, 1.165) is 6.42 Å². The van der Waals surface area contributed by atoms with Crippen molar-refractivity contribution in [1.29, 1.82) is 0 Å². The minimum Gasteiger partial charge on any atom is -0.305 e. The van der Waals surface area contributed by atoms with Gasteiger partial charge in [0.2, 0.25) is 0 Å². The van der Waals surface area contributed by atoms with Crippen LogP contribution in [0.2, 0.25) is 0 Å². The molecule has 0 atom stereocenters. The monoisotopic (exact) mass is 287 g/mol. The van der Waals surface area contributed by atoms with Gasteiger partial charge in [-0.25, -0.2) is 0 Å². The quantitative estimate of drug-likeness (QED) is 0.533. The average Bonchev–Trinajstić information content (AvgIpc) is 2.77. The molecule has 0 heterocycles. The Morgan fingerprint density at radius 2 is 1.86 bits per heavy atom. The fourth-order valence-electron chi connectivity index (χ4n) is 4.01. The molecule has 0 spiro atoms. The Hall–Kier alpha value is -0.820. The van der Waals surface area contributed by atoms with Crippen molar-refractivity contribution in [3.8, 4) is 0 Å². The van der Waals surface area contributed by atoms with E-state index in [1.165, 1.54) is 64.5 Å². The summed E-state index contributed by atoms with van der Waals surface area (Å²) in [6.45, 7) is 4.81. The zero-order valence-corrected chi connectivity index (χ0v) is 14.1. The van der Waals surface area contributed by atoms with Crippen molar-refractivity contribution in [2.45, 2.75) is 64.7 Å². The van der Waals surface area contributed by atoms with Gasteiger partial charge in [0.05, 0.1) is 0 Å².